The van der Waals surface area contributed by atoms with Crippen LogP contribution in [0.25, 0.3) is 0 Å². The Morgan fingerprint density at radius 2 is 1.75 bits per heavy atom. The van der Waals surface area contributed by atoms with Crippen molar-refractivity contribution in [1.29, 1.82) is 0 Å². The number of hydrogen-bond acceptors (Lipinski definition) is 6. The van der Waals surface area contributed by atoms with Crippen LogP contribution in [0.5, 0.6) is 0 Å². The molecule has 0 aromatic carbocycles. The molecule has 7 nitrogen and oxygen atoms in total. The Bertz CT molecular complexity index is 949. The van der Waals surface area contributed by atoms with Gasteiger partial charge in [0.15, 0.2) is 12.4 Å². The lowest BCUT2D eigenvalue weighted by atomic mass is 9.47. The zero-order valence-corrected chi connectivity index (χ0v) is 25.3. The van der Waals surface area contributed by atoms with Crippen LogP contribution in [0.4, 0.5) is 0 Å². The van der Waals surface area contributed by atoms with E-state index in [0.29, 0.717) is 11.3 Å². The van der Waals surface area contributed by atoms with E-state index in [1.807, 2.05) is 0 Å². The molecule has 1 saturated heterocycles. The Kier molecular flexibility index (Phi) is 8.83. The highest BCUT2D eigenvalue weighted by molar-refractivity contribution is 5.73. The van der Waals surface area contributed by atoms with Gasteiger partial charge in [-0.15, -0.1) is 0 Å². The van der Waals surface area contributed by atoms with Crippen molar-refractivity contribution in [3.8, 4) is 0 Å². The number of fused-ring (bicyclic) bond motifs is 5. The average Bonchev–Trinajstić information content (AvgIpc) is 3.26. The minimum absolute atomic E-state index is 0.149. The third kappa shape index (κ3) is 5.32. The number of carbonyl (C=O) groups is 1. The molecule has 1 aliphatic heterocycles. The summed E-state index contributed by atoms with van der Waals surface area (Å²) in [6.07, 6.45) is 7.65. The van der Waals surface area contributed by atoms with Crippen molar-refractivity contribution >= 4 is 5.97 Å². The summed E-state index contributed by atoms with van der Waals surface area (Å²) in [4.78, 5) is 11.5. The fraction of sp³-hybridized carbons (Fsp3) is 0.909. The summed E-state index contributed by atoms with van der Waals surface area (Å²) in [6.45, 7) is 12.3. The Morgan fingerprint density at radius 3 is 2.45 bits per heavy atom. The van der Waals surface area contributed by atoms with Crippen molar-refractivity contribution in [3.63, 3.8) is 0 Å². The summed E-state index contributed by atoms with van der Waals surface area (Å²) in [5.74, 6) is 3.30. The van der Waals surface area contributed by atoms with Crippen LogP contribution in [0, 0.1) is 46.3 Å². The van der Waals surface area contributed by atoms with Gasteiger partial charge in [-0.3, -0.25) is 0 Å². The van der Waals surface area contributed by atoms with Crippen LogP contribution in [0.1, 0.15) is 105 Å². The molecule has 7 heteroatoms. The van der Waals surface area contributed by atoms with Crippen molar-refractivity contribution in [1.82, 2.24) is 0 Å². The van der Waals surface area contributed by atoms with Gasteiger partial charge in [-0.25, -0.2) is 4.79 Å². The number of ether oxygens (including phenoxy) is 2. The van der Waals surface area contributed by atoms with Crippen LogP contribution < -0.4 is 0 Å². The van der Waals surface area contributed by atoms with Gasteiger partial charge in [-0.2, -0.15) is 0 Å². The topological polar surface area (TPSA) is 116 Å². The quantitative estimate of drug-likeness (QED) is 0.297. The second-order valence-corrected chi connectivity index (χ2v) is 15.0. The lowest BCUT2D eigenvalue weighted by Gasteiger charge is -2.58. The first-order valence-electron chi connectivity index (χ1n) is 16.1. The van der Waals surface area contributed by atoms with Crippen LogP contribution >= 0.6 is 0 Å². The lowest BCUT2D eigenvalue weighted by Crippen LogP contribution is -2.61. The first-order chi connectivity index (χ1) is 18.9. The third-order valence-electron chi connectivity index (χ3n) is 12.4. The van der Waals surface area contributed by atoms with E-state index in [9.17, 15) is 25.2 Å². The second kappa shape index (κ2) is 11.6. The molecule has 4 aliphatic carbocycles. The fourth-order valence-corrected chi connectivity index (χ4v) is 10.1. The molecule has 13 atom stereocenters. The summed E-state index contributed by atoms with van der Waals surface area (Å²) in [5, 5.41) is 40.0. The number of aliphatic carboxylic acids is 1. The fourth-order valence-electron chi connectivity index (χ4n) is 10.1. The Labute approximate surface area is 240 Å². The molecule has 5 aliphatic rings. The Balaban J connectivity index is 1.25. The van der Waals surface area contributed by atoms with Crippen molar-refractivity contribution in [2.45, 2.75) is 142 Å². The van der Waals surface area contributed by atoms with Crippen molar-refractivity contribution in [2.24, 2.45) is 46.3 Å². The predicted molar refractivity (Wildman–Crippen MR) is 152 cm³/mol. The normalized spacial score (nSPS) is 47.7. The van der Waals surface area contributed by atoms with Gasteiger partial charge in [-0.1, -0.05) is 65.5 Å². The monoisotopic (exact) mass is 562 g/mol. The number of aliphatic hydroxyl groups excluding tert-OH is 3. The molecule has 0 radical (unpaired) electrons. The summed E-state index contributed by atoms with van der Waals surface area (Å²) in [7, 11) is 0. The summed E-state index contributed by atoms with van der Waals surface area (Å²) < 4.78 is 11.5. The number of carboxylic acid groups (broad SMARTS) is 1. The third-order valence-corrected chi connectivity index (χ3v) is 12.4. The van der Waals surface area contributed by atoms with E-state index in [4.69, 9.17) is 9.47 Å². The second-order valence-electron chi connectivity index (χ2n) is 15.0. The molecule has 4 N–H and O–H groups in total. The molecular formula is C33H54O7. The molecule has 0 aromatic rings. The zero-order chi connectivity index (χ0) is 29.0. The predicted octanol–water partition coefficient (Wildman–Crippen LogP) is 5.31. The highest BCUT2D eigenvalue weighted by atomic mass is 16.7. The van der Waals surface area contributed by atoms with Gasteiger partial charge in [0.2, 0.25) is 0 Å². The molecule has 3 saturated carbocycles. The number of allylic oxidation sites excluding steroid dienone is 1. The van der Waals surface area contributed by atoms with Crippen molar-refractivity contribution in [3.05, 3.63) is 11.6 Å². The smallest absolute Gasteiger partial charge is 0.335 e. The Hall–Kier alpha value is -0.990. The SMILES string of the molecule is CC(C)CCCC(C)C1CCC2C3CC=C4CC(OC5OC(C(=O)O)C(O)C(O)C5O)CC[C@]4(C)C3CC[C@]12C. The van der Waals surface area contributed by atoms with Crippen LogP contribution in [-0.2, 0) is 14.3 Å². The van der Waals surface area contributed by atoms with E-state index in [0.717, 1.165) is 55.3 Å². The molecule has 0 bridgehead atoms. The number of carboxylic acids is 1. The minimum Gasteiger partial charge on any atom is -0.479 e. The Morgan fingerprint density at radius 1 is 1.00 bits per heavy atom. The molecule has 1 heterocycles. The van der Waals surface area contributed by atoms with E-state index >= 15 is 0 Å². The van der Waals surface area contributed by atoms with Crippen molar-refractivity contribution in [2.75, 3.05) is 0 Å². The highest BCUT2D eigenvalue weighted by Crippen LogP contribution is 2.67. The standard InChI is InChI=1S/C33H54O7/c1-18(2)7-6-8-19(3)23-11-12-24-22-10-9-20-17-21(13-15-32(20,4)25(22)14-16-33(23,24)5)39-31-28(36)26(34)27(35)29(40-31)30(37)38/h9,18-19,21-29,31,34-36H,6-8,10-17H2,1-5H3,(H,37,38)/t19?,21?,22?,23?,24?,25?,26?,27?,28?,29?,31?,32-,33+/m0/s1. The van der Waals surface area contributed by atoms with Gasteiger partial charge in [0.1, 0.15) is 18.3 Å². The molecule has 5 rings (SSSR count). The largest absolute Gasteiger partial charge is 0.479 e. The van der Waals surface area contributed by atoms with Crippen LogP contribution in [0.3, 0.4) is 0 Å². The molecule has 0 amide bonds. The maximum atomic E-state index is 11.5. The van der Waals surface area contributed by atoms with Crippen LogP contribution in [0.15, 0.2) is 11.6 Å². The molecule has 11 unspecified atom stereocenters. The maximum Gasteiger partial charge on any atom is 0.335 e. The van der Waals surface area contributed by atoms with Gasteiger partial charge in [0, 0.05) is 0 Å². The summed E-state index contributed by atoms with van der Waals surface area (Å²) in [5.41, 5.74) is 2.04. The van der Waals surface area contributed by atoms with Gasteiger partial charge < -0.3 is 29.9 Å². The van der Waals surface area contributed by atoms with Crippen LogP contribution in [0.2, 0.25) is 0 Å². The molecular weight excluding hydrogens is 508 g/mol. The highest BCUT2D eigenvalue weighted by Gasteiger charge is 2.59. The van der Waals surface area contributed by atoms with Gasteiger partial charge in [0.05, 0.1) is 6.10 Å². The van der Waals surface area contributed by atoms with Crippen LogP contribution in [-0.4, -0.2) is 63.2 Å². The van der Waals surface area contributed by atoms with E-state index in [1.54, 1.807) is 0 Å². The number of hydrogen-bond donors (Lipinski definition) is 4. The summed E-state index contributed by atoms with van der Waals surface area (Å²) >= 11 is 0. The average molecular weight is 563 g/mol. The molecule has 4 fully saturated rings. The van der Waals surface area contributed by atoms with E-state index in [1.165, 1.54) is 50.5 Å². The first-order valence-corrected chi connectivity index (χ1v) is 16.1. The van der Waals surface area contributed by atoms with Gasteiger partial charge in [-0.05, 0) is 97.7 Å². The molecule has 0 spiro atoms. The zero-order valence-electron chi connectivity index (χ0n) is 25.3. The van der Waals surface area contributed by atoms with E-state index in [-0.39, 0.29) is 11.5 Å². The van der Waals surface area contributed by atoms with Gasteiger partial charge in [0.25, 0.3) is 0 Å². The van der Waals surface area contributed by atoms with Crippen molar-refractivity contribution < 1.29 is 34.7 Å². The molecule has 0 aromatic heterocycles. The van der Waals surface area contributed by atoms with Gasteiger partial charge >= 0.3 is 5.97 Å². The number of aliphatic hydroxyl groups is 3. The maximum absolute atomic E-state index is 11.5. The number of rotatable bonds is 8. The van der Waals surface area contributed by atoms with E-state index < -0.39 is 36.7 Å². The summed E-state index contributed by atoms with van der Waals surface area (Å²) in [6, 6.07) is 0. The lowest BCUT2D eigenvalue weighted by molar-refractivity contribution is -0.306. The minimum atomic E-state index is -1.70. The molecule has 40 heavy (non-hydrogen) atoms. The molecule has 228 valence electrons. The van der Waals surface area contributed by atoms with E-state index in [2.05, 4.69) is 40.7 Å². The first kappa shape index (κ1) is 30.5.